The lowest BCUT2D eigenvalue weighted by molar-refractivity contribution is -0.311. The Hall–Kier alpha value is -2.26. The number of rotatable bonds is 7. The molecule has 2 saturated heterocycles. The van der Waals surface area contributed by atoms with E-state index >= 15 is 0 Å². The highest BCUT2D eigenvalue weighted by Gasteiger charge is 2.50. The molecule has 9 heteroatoms. The van der Waals surface area contributed by atoms with Crippen molar-refractivity contribution in [2.24, 2.45) is 5.11 Å². The number of hydrogen-bond donors (Lipinski definition) is 0. The van der Waals surface area contributed by atoms with Crippen LogP contribution in [0.2, 0.25) is 0 Å². The molecule has 8 nitrogen and oxygen atoms in total. The highest BCUT2D eigenvalue weighted by atomic mass is 32.2. The second-order valence-corrected chi connectivity index (χ2v) is 8.21. The molecule has 4 rings (SSSR count). The summed E-state index contributed by atoms with van der Waals surface area (Å²) in [5.41, 5.74) is 10.7. The predicted molar refractivity (Wildman–Crippen MR) is 117 cm³/mol. The molecule has 2 aliphatic rings. The molecule has 164 valence electrons. The van der Waals surface area contributed by atoms with Crippen LogP contribution in [0.15, 0.2) is 59.7 Å². The lowest BCUT2D eigenvalue weighted by atomic mass is 9.97. The minimum absolute atomic E-state index is 0.316. The summed E-state index contributed by atoms with van der Waals surface area (Å²) in [6.45, 7) is 0.712. The number of benzene rings is 2. The maximum atomic E-state index is 9.18. The van der Waals surface area contributed by atoms with Gasteiger partial charge < -0.3 is 23.7 Å². The van der Waals surface area contributed by atoms with Crippen LogP contribution < -0.4 is 4.74 Å². The summed E-state index contributed by atoms with van der Waals surface area (Å²) >= 11 is 1.48. The Balaban J connectivity index is 1.56. The highest BCUT2D eigenvalue weighted by molar-refractivity contribution is 7.99. The second-order valence-electron chi connectivity index (χ2n) is 7.27. The standard InChI is InChI=1S/C22H25N3O5S/c1-26-16-10-8-14(9-11-16)12-27-20-18(24-25-23)22(31-2)29-17-13-28-21(30-19(17)20)15-6-4-3-5-7-15/h3-11,17-22H,12-13H2,1-2H3/t17-,18-,19+,20-,21?,22+/m1/s1. The van der Waals surface area contributed by atoms with Gasteiger partial charge in [0.25, 0.3) is 0 Å². The average molecular weight is 444 g/mol. The van der Waals surface area contributed by atoms with E-state index in [4.69, 9.17) is 23.7 Å². The highest BCUT2D eigenvalue weighted by Crippen LogP contribution is 2.39. The molecule has 0 aliphatic carbocycles. The third-order valence-corrected chi connectivity index (χ3v) is 6.25. The zero-order valence-corrected chi connectivity index (χ0v) is 18.2. The molecule has 0 aromatic heterocycles. The fourth-order valence-corrected chi connectivity index (χ4v) is 4.56. The van der Waals surface area contributed by atoms with Gasteiger partial charge in [0.1, 0.15) is 29.4 Å². The van der Waals surface area contributed by atoms with Crippen LogP contribution in [0.1, 0.15) is 17.4 Å². The first-order valence-electron chi connectivity index (χ1n) is 10.0. The Morgan fingerprint density at radius 2 is 1.90 bits per heavy atom. The maximum absolute atomic E-state index is 9.18. The maximum Gasteiger partial charge on any atom is 0.184 e. The van der Waals surface area contributed by atoms with Crippen molar-refractivity contribution >= 4 is 11.8 Å². The molecule has 2 heterocycles. The topological polar surface area (TPSA) is 94.9 Å². The molecule has 0 amide bonds. The zero-order valence-electron chi connectivity index (χ0n) is 17.4. The summed E-state index contributed by atoms with van der Waals surface area (Å²) in [7, 11) is 1.63. The lowest BCUT2D eigenvalue weighted by Crippen LogP contribution is -2.61. The van der Waals surface area contributed by atoms with Crippen LogP contribution >= 0.6 is 11.8 Å². The predicted octanol–water partition coefficient (Wildman–Crippen LogP) is 4.46. The molecule has 2 fully saturated rings. The van der Waals surface area contributed by atoms with Gasteiger partial charge in [0.2, 0.25) is 0 Å². The number of hydrogen-bond acceptors (Lipinski definition) is 7. The third-order valence-electron chi connectivity index (χ3n) is 5.40. The number of fused-ring (bicyclic) bond motifs is 1. The summed E-state index contributed by atoms with van der Waals surface area (Å²) < 4.78 is 29.9. The van der Waals surface area contributed by atoms with E-state index in [0.717, 1.165) is 16.9 Å². The Labute approximate surface area is 185 Å². The molecule has 0 bridgehead atoms. The molecule has 1 unspecified atom stereocenters. The Morgan fingerprint density at radius 1 is 1.13 bits per heavy atom. The minimum Gasteiger partial charge on any atom is -0.497 e. The van der Waals surface area contributed by atoms with Crippen molar-refractivity contribution in [1.29, 1.82) is 0 Å². The Bertz CT molecular complexity index is 894. The number of ether oxygens (including phenoxy) is 5. The first kappa shape index (κ1) is 22.0. The van der Waals surface area contributed by atoms with Crippen molar-refractivity contribution in [2.45, 2.75) is 42.7 Å². The number of methoxy groups -OCH3 is 1. The molecule has 6 atom stereocenters. The van der Waals surface area contributed by atoms with E-state index in [1.165, 1.54) is 11.8 Å². The van der Waals surface area contributed by atoms with Gasteiger partial charge in [-0.05, 0) is 29.5 Å². The fraction of sp³-hybridized carbons (Fsp3) is 0.455. The summed E-state index contributed by atoms with van der Waals surface area (Å²) in [5.74, 6) is 0.780. The quantitative estimate of drug-likeness (QED) is 0.356. The van der Waals surface area contributed by atoms with E-state index in [0.29, 0.717) is 13.2 Å². The number of thioether (sulfide) groups is 1. The molecule has 2 aliphatic heterocycles. The normalized spacial score (nSPS) is 30.1. The van der Waals surface area contributed by atoms with E-state index in [2.05, 4.69) is 10.0 Å². The summed E-state index contributed by atoms with van der Waals surface area (Å²) in [6.07, 6.45) is 0.155. The van der Waals surface area contributed by atoms with Crippen LogP contribution in [0.4, 0.5) is 0 Å². The van der Waals surface area contributed by atoms with Crippen molar-refractivity contribution in [3.63, 3.8) is 0 Å². The van der Waals surface area contributed by atoms with Crippen molar-refractivity contribution in [3.8, 4) is 5.75 Å². The van der Waals surface area contributed by atoms with Gasteiger partial charge in [-0.15, -0.1) is 11.8 Å². The van der Waals surface area contributed by atoms with Crippen molar-refractivity contribution in [3.05, 3.63) is 76.2 Å². The van der Waals surface area contributed by atoms with E-state index in [-0.39, 0.29) is 11.5 Å². The molecular formula is C22H25N3O5S. The van der Waals surface area contributed by atoms with Crippen molar-refractivity contribution in [1.82, 2.24) is 0 Å². The molecular weight excluding hydrogens is 418 g/mol. The Kier molecular flexibility index (Phi) is 7.34. The number of azide groups is 1. The summed E-state index contributed by atoms with van der Waals surface area (Å²) in [5, 5.41) is 4.01. The van der Waals surface area contributed by atoms with Crippen molar-refractivity contribution < 1.29 is 23.7 Å². The fourth-order valence-electron chi connectivity index (χ4n) is 3.82. The van der Waals surface area contributed by atoms with E-state index in [9.17, 15) is 5.53 Å². The van der Waals surface area contributed by atoms with Gasteiger partial charge in [-0.3, -0.25) is 0 Å². The monoisotopic (exact) mass is 443 g/mol. The van der Waals surface area contributed by atoms with Gasteiger partial charge in [-0.1, -0.05) is 47.6 Å². The first-order chi connectivity index (χ1) is 15.2. The molecule has 31 heavy (non-hydrogen) atoms. The van der Waals surface area contributed by atoms with E-state index < -0.39 is 24.5 Å². The van der Waals surface area contributed by atoms with Gasteiger partial charge in [-0.2, -0.15) is 0 Å². The molecule has 0 saturated carbocycles. The van der Waals surface area contributed by atoms with Crippen LogP contribution in [0.3, 0.4) is 0 Å². The summed E-state index contributed by atoms with van der Waals surface area (Å²) in [6, 6.07) is 16.9. The lowest BCUT2D eigenvalue weighted by Gasteiger charge is -2.48. The van der Waals surface area contributed by atoms with Gasteiger partial charge in [-0.25, -0.2) is 0 Å². The van der Waals surface area contributed by atoms with Gasteiger partial charge >= 0.3 is 0 Å². The zero-order chi connectivity index (χ0) is 21.6. The first-order valence-corrected chi connectivity index (χ1v) is 11.3. The van der Waals surface area contributed by atoms with Gasteiger partial charge in [0, 0.05) is 10.5 Å². The summed E-state index contributed by atoms with van der Waals surface area (Å²) in [4.78, 5) is 3.05. The van der Waals surface area contributed by atoms with E-state index in [1.807, 2.05) is 60.9 Å². The van der Waals surface area contributed by atoms with Crippen LogP contribution in [0.5, 0.6) is 5.75 Å². The smallest absolute Gasteiger partial charge is 0.184 e. The van der Waals surface area contributed by atoms with Gasteiger partial charge in [0.15, 0.2) is 6.29 Å². The SMILES string of the molecule is COc1ccc(CO[C@@H]2[C@@H](N=[N+]=[N-])[C@H](SC)O[C@@H]3COC(c4ccccc4)O[C@H]23)cc1. The average Bonchev–Trinajstić information content (AvgIpc) is 2.83. The Morgan fingerprint density at radius 3 is 2.58 bits per heavy atom. The number of nitrogens with zero attached hydrogens (tertiary/aromatic N) is 3. The minimum atomic E-state index is -0.533. The molecule has 0 radical (unpaired) electrons. The van der Waals surface area contributed by atoms with Crippen LogP contribution in [-0.4, -0.2) is 49.8 Å². The molecule has 2 aromatic carbocycles. The van der Waals surface area contributed by atoms with Gasteiger partial charge in [0.05, 0.1) is 26.4 Å². The second kappa shape index (κ2) is 10.4. The van der Waals surface area contributed by atoms with Crippen molar-refractivity contribution in [2.75, 3.05) is 20.0 Å². The molecule has 2 aromatic rings. The third kappa shape index (κ3) is 4.98. The van der Waals surface area contributed by atoms with Crippen LogP contribution in [-0.2, 0) is 25.6 Å². The largest absolute Gasteiger partial charge is 0.497 e. The van der Waals surface area contributed by atoms with Crippen LogP contribution in [0.25, 0.3) is 10.4 Å². The van der Waals surface area contributed by atoms with Crippen LogP contribution in [0, 0.1) is 0 Å². The van der Waals surface area contributed by atoms with E-state index in [1.54, 1.807) is 7.11 Å². The molecule has 0 spiro atoms. The molecule has 0 N–H and O–H groups in total.